The van der Waals surface area contributed by atoms with Gasteiger partial charge in [0.15, 0.2) is 11.6 Å². The molecule has 1 aliphatic heterocycles. The Morgan fingerprint density at radius 1 is 1.00 bits per heavy atom. The van der Waals surface area contributed by atoms with Crippen LogP contribution in [0, 0.1) is 23.3 Å². The number of aromatic nitrogens is 2. The summed E-state index contributed by atoms with van der Waals surface area (Å²) >= 11 is 0. The lowest BCUT2D eigenvalue weighted by molar-refractivity contribution is -0.148. The molecule has 0 saturated carbocycles. The number of benzene rings is 2. The molecule has 9 nitrogen and oxygen atoms in total. The number of amides is 1. The van der Waals surface area contributed by atoms with E-state index in [2.05, 4.69) is 4.98 Å². The first-order valence-electron chi connectivity index (χ1n) is 11.3. The average Bonchev–Trinajstić information content (AvgIpc) is 3.21. The van der Waals surface area contributed by atoms with Crippen molar-refractivity contribution in [2.45, 2.75) is 38.1 Å². The van der Waals surface area contributed by atoms with Crippen LogP contribution in [0.3, 0.4) is 0 Å². The minimum atomic E-state index is -4.74. The molecule has 0 fully saturated rings. The summed E-state index contributed by atoms with van der Waals surface area (Å²) in [7, 11) is -4.64. The van der Waals surface area contributed by atoms with Gasteiger partial charge in [-0.1, -0.05) is 0 Å². The third kappa shape index (κ3) is 8.11. The van der Waals surface area contributed by atoms with Gasteiger partial charge in [-0.05, 0) is 42.3 Å². The Balaban J connectivity index is 0.000000810. The Hall–Kier alpha value is -3.30. The molecule has 1 aromatic heterocycles. The van der Waals surface area contributed by atoms with Crippen molar-refractivity contribution in [3.8, 4) is 11.3 Å². The van der Waals surface area contributed by atoms with E-state index in [0.717, 1.165) is 16.7 Å². The zero-order valence-electron chi connectivity index (χ0n) is 20.2. The number of halogens is 7. The second-order valence-corrected chi connectivity index (χ2v) is 9.77. The van der Waals surface area contributed by atoms with Crippen LogP contribution in [0.4, 0.5) is 30.7 Å². The summed E-state index contributed by atoms with van der Waals surface area (Å²) in [5, 5.41) is 0. The fourth-order valence-electron chi connectivity index (χ4n) is 4.06. The van der Waals surface area contributed by atoms with Crippen molar-refractivity contribution in [3.05, 3.63) is 76.7 Å². The molecule has 1 atom stereocenters. The van der Waals surface area contributed by atoms with Gasteiger partial charge in [0.25, 0.3) is 0 Å². The van der Waals surface area contributed by atoms with Gasteiger partial charge in [-0.15, -0.1) is 0 Å². The van der Waals surface area contributed by atoms with Crippen molar-refractivity contribution in [1.29, 1.82) is 0 Å². The second-order valence-electron chi connectivity index (χ2n) is 8.74. The smallest absolute Gasteiger partial charge is 0.335 e. The molecule has 2 heterocycles. The predicted molar refractivity (Wildman–Crippen MR) is 125 cm³/mol. The molecule has 218 valence electrons. The van der Waals surface area contributed by atoms with E-state index in [1.54, 1.807) is 0 Å². The minimum absolute atomic E-state index is 0.0250. The molecule has 5 N–H and O–H groups in total. The van der Waals surface area contributed by atoms with Crippen molar-refractivity contribution < 1.29 is 54.8 Å². The van der Waals surface area contributed by atoms with E-state index in [0.29, 0.717) is 12.1 Å². The zero-order valence-corrected chi connectivity index (χ0v) is 21.1. The lowest BCUT2D eigenvalue weighted by atomic mass is 10.0. The van der Waals surface area contributed by atoms with Gasteiger partial charge in [-0.25, -0.2) is 27.1 Å². The molecule has 40 heavy (non-hydrogen) atoms. The normalized spacial score (nSPS) is 14.3. The minimum Gasteiger partial charge on any atom is -0.335 e. The fourth-order valence-corrected chi connectivity index (χ4v) is 4.06. The van der Waals surface area contributed by atoms with Gasteiger partial charge in [0.1, 0.15) is 11.6 Å². The van der Waals surface area contributed by atoms with E-state index < -0.39 is 55.0 Å². The van der Waals surface area contributed by atoms with Crippen molar-refractivity contribution >= 4 is 13.7 Å². The van der Waals surface area contributed by atoms with E-state index >= 15 is 0 Å². The Morgan fingerprint density at radius 2 is 1.57 bits per heavy atom. The molecule has 4 rings (SSSR count). The molecule has 17 heteroatoms. The van der Waals surface area contributed by atoms with Crippen LogP contribution in [0.2, 0.25) is 0 Å². The first kappa shape index (κ1) is 31.2. The first-order valence-corrected chi connectivity index (χ1v) is 12.9. The van der Waals surface area contributed by atoms with E-state index in [1.807, 2.05) is 0 Å². The largest absolute Gasteiger partial charge is 0.466 e. The number of nitrogens with two attached hydrogens (primary N) is 1. The maximum absolute atomic E-state index is 13.9. The van der Waals surface area contributed by atoms with E-state index in [-0.39, 0.29) is 55.0 Å². The molecule has 0 spiro atoms. The zero-order chi connectivity index (χ0) is 30.0. The second kappa shape index (κ2) is 12.1. The number of phosphoric acid groups is 1. The highest BCUT2D eigenvalue weighted by Gasteiger charge is 2.40. The molecular formula is C23H22F7N4O5P. The van der Waals surface area contributed by atoms with Gasteiger partial charge in [0.05, 0.1) is 17.9 Å². The summed E-state index contributed by atoms with van der Waals surface area (Å²) < 4.78 is 104. The van der Waals surface area contributed by atoms with Crippen molar-refractivity contribution in [3.63, 3.8) is 0 Å². The highest BCUT2D eigenvalue weighted by atomic mass is 31.2. The monoisotopic (exact) mass is 598 g/mol. The maximum Gasteiger partial charge on any atom is 0.466 e. The summed E-state index contributed by atoms with van der Waals surface area (Å²) in [4.78, 5) is 39.4. The van der Waals surface area contributed by atoms with Gasteiger partial charge in [-0.3, -0.25) is 4.79 Å². The molecule has 0 saturated heterocycles. The number of carbonyl (C=O) groups excluding carboxylic acids is 1. The van der Waals surface area contributed by atoms with Crippen molar-refractivity contribution in [2.24, 2.45) is 5.73 Å². The van der Waals surface area contributed by atoms with Crippen molar-refractivity contribution in [1.82, 2.24) is 14.5 Å². The molecule has 0 aliphatic carbocycles. The molecule has 1 amide bonds. The Kier molecular flexibility index (Phi) is 9.42. The highest BCUT2D eigenvalue weighted by molar-refractivity contribution is 7.45. The van der Waals surface area contributed by atoms with Gasteiger partial charge < -0.3 is 29.9 Å². The summed E-state index contributed by atoms with van der Waals surface area (Å²) in [6, 6.07) is 4.89. The van der Waals surface area contributed by atoms with Crippen LogP contribution in [0.1, 0.15) is 23.5 Å². The summed E-state index contributed by atoms with van der Waals surface area (Å²) in [5.74, 6) is -5.80. The van der Waals surface area contributed by atoms with E-state index in [1.165, 1.54) is 17.0 Å². The average molecular weight is 598 g/mol. The predicted octanol–water partition coefficient (Wildman–Crippen LogP) is 3.50. The number of rotatable bonds is 5. The molecular weight excluding hydrogens is 576 g/mol. The number of hydrogen-bond acceptors (Lipinski definition) is 4. The number of fused-ring (bicyclic) bond motifs is 1. The van der Waals surface area contributed by atoms with E-state index in [4.69, 9.17) is 25.0 Å². The van der Waals surface area contributed by atoms with E-state index in [9.17, 15) is 35.5 Å². The van der Waals surface area contributed by atoms with Crippen molar-refractivity contribution in [2.75, 3.05) is 6.54 Å². The van der Waals surface area contributed by atoms with Gasteiger partial charge in [0, 0.05) is 37.2 Å². The standard InChI is InChI=1S/C23H19F7N4O.H3O4P/c24-14-3-1-12(2-4-14)21-19-11-33(5-6-34(19)22(32-21)23(28,29)30)20(35)9-15(31)7-13-8-17(26)18(27)10-16(13)25;1-5(2,3)4/h1-4,8,10,15H,5-7,9,11,31H2;(H3,1,2,3,4)/t15-;/m1./s1. The SMILES string of the molecule is N[C@@H](CC(=O)N1CCn2c(C(F)(F)F)nc(-c3ccc(F)cc3)c2C1)Cc1cc(F)c(F)cc1F.O=P(O)(O)O. The lowest BCUT2D eigenvalue weighted by Gasteiger charge is -2.30. The van der Waals surface area contributed by atoms with Crippen LogP contribution < -0.4 is 5.73 Å². The van der Waals surface area contributed by atoms with Crippen LogP contribution in [0.15, 0.2) is 36.4 Å². The third-order valence-corrected chi connectivity index (χ3v) is 5.74. The lowest BCUT2D eigenvalue weighted by Crippen LogP contribution is -2.42. The van der Waals surface area contributed by atoms with Gasteiger partial charge in [0.2, 0.25) is 11.7 Å². The third-order valence-electron chi connectivity index (χ3n) is 5.74. The number of hydrogen-bond donors (Lipinski definition) is 4. The summed E-state index contributed by atoms with van der Waals surface area (Å²) in [5.41, 5.74) is 6.09. The summed E-state index contributed by atoms with van der Waals surface area (Å²) in [6.45, 7) is -0.446. The quantitative estimate of drug-likeness (QED) is 0.200. The van der Waals surface area contributed by atoms with Crippen LogP contribution in [0.25, 0.3) is 11.3 Å². The van der Waals surface area contributed by atoms with Gasteiger partial charge in [-0.2, -0.15) is 13.2 Å². The van der Waals surface area contributed by atoms with Crippen LogP contribution >= 0.6 is 7.82 Å². The summed E-state index contributed by atoms with van der Waals surface area (Å²) in [6.07, 6.45) is -5.29. The van der Waals surface area contributed by atoms with Gasteiger partial charge >= 0.3 is 14.0 Å². The molecule has 0 unspecified atom stereocenters. The number of alkyl halides is 3. The van der Waals surface area contributed by atoms with Crippen LogP contribution in [0.5, 0.6) is 0 Å². The molecule has 3 aromatic rings. The highest BCUT2D eigenvalue weighted by Crippen LogP contribution is 2.36. The first-order chi connectivity index (χ1) is 18.4. The Morgan fingerprint density at radius 3 is 2.15 bits per heavy atom. The Bertz CT molecular complexity index is 1420. The number of carbonyl (C=O) groups is 1. The molecule has 0 radical (unpaired) electrons. The number of imidazole rings is 1. The van der Waals surface area contributed by atoms with Crippen LogP contribution in [-0.2, 0) is 35.0 Å². The van der Waals surface area contributed by atoms with Crippen LogP contribution in [-0.4, -0.2) is 47.6 Å². The molecule has 2 aromatic carbocycles. The fraction of sp³-hybridized carbons (Fsp3) is 0.304. The topological polar surface area (TPSA) is 142 Å². The molecule has 1 aliphatic rings. The maximum atomic E-state index is 13.9. The number of nitrogens with zero attached hydrogens (tertiary/aromatic N) is 3. The molecule has 0 bridgehead atoms. The Labute approximate surface area is 221 Å².